The average Bonchev–Trinajstić information content (AvgIpc) is 3.04. The molecule has 0 spiro atoms. The van der Waals surface area contributed by atoms with Gasteiger partial charge in [-0.1, -0.05) is 11.8 Å². The SMILES string of the molecule is CCNC(=O)CSc1nc2cc(S(=O)(=O)N3CCOCC3)ccc2n1CC. The van der Waals surface area contributed by atoms with E-state index in [9.17, 15) is 13.2 Å². The largest absolute Gasteiger partial charge is 0.379 e. The fourth-order valence-corrected chi connectivity index (χ4v) is 5.31. The number of nitrogens with one attached hydrogen (secondary N) is 1. The van der Waals surface area contributed by atoms with Crippen LogP contribution in [0.25, 0.3) is 11.0 Å². The second kappa shape index (κ2) is 8.59. The van der Waals surface area contributed by atoms with Crippen LogP contribution in [0.2, 0.25) is 0 Å². The number of ether oxygens (including phenoxy) is 1. The van der Waals surface area contributed by atoms with Crippen LogP contribution in [-0.2, 0) is 26.1 Å². The number of imidazole rings is 1. The first-order chi connectivity index (χ1) is 13.0. The predicted octanol–water partition coefficient (Wildman–Crippen LogP) is 1.31. The lowest BCUT2D eigenvalue weighted by Gasteiger charge is -2.26. The van der Waals surface area contributed by atoms with Crippen molar-refractivity contribution in [2.45, 2.75) is 30.4 Å². The lowest BCUT2D eigenvalue weighted by molar-refractivity contribution is -0.118. The summed E-state index contributed by atoms with van der Waals surface area (Å²) in [5.74, 6) is 0.226. The normalized spacial score (nSPS) is 15.9. The molecule has 1 fully saturated rings. The van der Waals surface area contributed by atoms with E-state index in [0.29, 0.717) is 50.1 Å². The van der Waals surface area contributed by atoms with E-state index in [2.05, 4.69) is 10.3 Å². The van der Waals surface area contributed by atoms with Gasteiger partial charge in [0.25, 0.3) is 0 Å². The summed E-state index contributed by atoms with van der Waals surface area (Å²) in [5, 5.41) is 3.47. The van der Waals surface area contributed by atoms with Gasteiger partial charge in [-0.15, -0.1) is 0 Å². The second-order valence-corrected chi connectivity index (χ2v) is 8.93. The van der Waals surface area contributed by atoms with Crippen molar-refractivity contribution in [2.24, 2.45) is 0 Å². The van der Waals surface area contributed by atoms with Crippen LogP contribution < -0.4 is 5.32 Å². The molecule has 1 aromatic carbocycles. The van der Waals surface area contributed by atoms with Crippen LogP contribution in [0.4, 0.5) is 0 Å². The molecule has 1 aliphatic heterocycles. The Kier molecular flexibility index (Phi) is 6.40. The van der Waals surface area contributed by atoms with E-state index in [0.717, 1.165) is 5.52 Å². The minimum Gasteiger partial charge on any atom is -0.379 e. The van der Waals surface area contributed by atoms with E-state index >= 15 is 0 Å². The number of morpholine rings is 1. The summed E-state index contributed by atoms with van der Waals surface area (Å²) >= 11 is 1.35. The molecule has 3 rings (SSSR count). The van der Waals surface area contributed by atoms with Gasteiger partial charge in [0.05, 0.1) is 34.9 Å². The van der Waals surface area contributed by atoms with Gasteiger partial charge in [0, 0.05) is 26.2 Å². The molecular weight excluding hydrogens is 388 g/mol. The number of aromatic nitrogens is 2. The summed E-state index contributed by atoms with van der Waals surface area (Å²) in [6, 6.07) is 5.02. The number of hydrogen-bond donors (Lipinski definition) is 1. The molecule has 0 radical (unpaired) electrons. The van der Waals surface area contributed by atoms with Crippen molar-refractivity contribution in [1.82, 2.24) is 19.2 Å². The van der Waals surface area contributed by atoms with Crippen molar-refractivity contribution in [1.29, 1.82) is 0 Å². The molecule has 1 amide bonds. The molecule has 0 aliphatic carbocycles. The molecule has 1 saturated heterocycles. The number of amides is 1. The number of aryl methyl sites for hydroxylation is 1. The molecule has 0 unspecified atom stereocenters. The zero-order valence-electron chi connectivity index (χ0n) is 15.5. The molecule has 2 heterocycles. The Morgan fingerprint density at radius 3 is 2.70 bits per heavy atom. The number of benzene rings is 1. The number of sulfonamides is 1. The molecule has 0 bridgehead atoms. The van der Waals surface area contributed by atoms with E-state index in [1.807, 2.05) is 18.4 Å². The van der Waals surface area contributed by atoms with Gasteiger partial charge in [0.15, 0.2) is 5.16 Å². The van der Waals surface area contributed by atoms with Gasteiger partial charge in [0.1, 0.15) is 0 Å². The van der Waals surface area contributed by atoms with Crippen molar-refractivity contribution in [3.63, 3.8) is 0 Å². The van der Waals surface area contributed by atoms with Crippen LogP contribution in [0.1, 0.15) is 13.8 Å². The Labute approximate surface area is 163 Å². The molecular formula is C17H24N4O4S2. The number of rotatable bonds is 7. The van der Waals surface area contributed by atoms with Crippen LogP contribution in [0, 0.1) is 0 Å². The first-order valence-corrected chi connectivity index (χ1v) is 11.4. The molecule has 0 saturated carbocycles. The topological polar surface area (TPSA) is 93.5 Å². The van der Waals surface area contributed by atoms with Gasteiger partial charge in [-0.25, -0.2) is 13.4 Å². The summed E-state index contributed by atoms with van der Waals surface area (Å²) in [5.41, 5.74) is 1.47. The van der Waals surface area contributed by atoms with E-state index in [-0.39, 0.29) is 16.6 Å². The molecule has 27 heavy (non-hydrogen) atoms. The number of thioether (sulfide) groups is 1. The standard InChI is InChI=1S/C17H24N4O4S2/c1-3-18-16(22)12-26-17-19-14-11-13(5-6-15(14)21(17)4-2)27(23,24)20-7-9-25-10-8-20/h5-6,11H,3-4,7-10,12H2,1-2H3,(H,18,22). The highest BCUT2D eigenvalue weighted by Crippen LogP contribution is 2.27. The predicted molar refractivity (Wildman–Crippen MR) is 104 cm³/mol. The lowest BCUT2D eigenvalue weighted by atomic mass is 10.3. The van der Waals surface area contributed by atoms with Gasteiger partial charge < -0.3 is 14.6 Å². The molecule has 10 heteroatoms. The molecule has 148 valence electrons. The highest BCUT2D eigenvalue weighted by Gasteiger charge is 2.27. The summed E-state index contributed by atoms with van der Waals surface area (Å²) < 4.78 is 34.4. The molecule has 8 nitrogen and oxygen atoms in total. The van der Waals surface area contributed by atoms with Crippen LogP contribution in [-0.4, -0.2) is 66.8 Å². The van der Waals surface area contributed by atoms with E-state index in [1.54, 1.807) is 18.2 Å². The maximum atomic E-state index is 12.9. The highest BCUT2D eigenvalue weighted by molar-refractivity contribution is 7.99. The fraction of sp³-hybridized carbons (Fsp3) is 0.529. The summed E-state index contributed by atoms with van der Waals surface area (Å²) in [7, 11) is -3.56. The van der Waals surface area contributed by atoms with Gasteiger partial charge >= 0.3 is 0 Å². The number of carbonyl (C=O) groups is 1. The van der Waals surface area contributed by atoms with Gasteiger partial charge in [-0.3, -0.25) is 4.79 Å². The average molecular weight is 413 g/mol. The third-order valence-electron chi connectivity index (χ3n) is 4.32. The highest BCUT2D eigenvalue weighted by atomic mass is 32.2. The van der Waals surface area contributed by atoms with Crippen LogP contribution in [0.3, 0.4) is 0 Å². The zero-order chi connectivity index (χ0) is 19.4. The number of carbonyl (C=O) groups excluding carboxylic acids is 1. The summed E-state index contributed by atoms with van der Waals surface area (Å²) in [4.78, 5) is 16.5. The van der Waals surface area contributed by atoms with E-state index in [4.69, 9.17) is 4.74 Å². The molecule has 1 aliphatic rings. The van der Waals surface area contributed by atoms with Crippen molar-refractivity contribution in [3.8, 4) is 0 Å². The van der Waals surface area contributed by atoms with Crippen LogP contribution >= 0.6 is 11.8 Å². The van der Waals surface area contributed by atoms with E-state index < -0.39 is 10.0 Å². The Bertz CT molecular complexity index is 920. The quantitative estimate of drug-likeness (QED) is 0.689. The van der Waals surface area contributed by atoms with Crippen molar-refractivity contribution >= 4 is 38.7 Å². The first kappa shape index (κ1) is 20.1. The van der Waals surface area contributed by atoms with Gasteiger partial charge in [-0.05, 0) is 32.0 Å². The zero-order valence-corrected chi connectivity index (χ0v) is 17.1. The minimum absolute atomic E-state index is 0.0483. The Morgan fingerprint density at radius 2 is 2.04 bits per heavy atom. The molecule has 1 N–H and O–H groups in total. The molecule has 0 atom stereocenters. The third kappa shape index (κ3) is 4.29. The fourth-order valence-electron chi connectivity index (χ4n) is 2.98. The van der Waals surface area contributed by atoms with Crippen molar-refractivity contribution in [3.05, 3.63) is 18.2 Å². The first-order valence-electron chi connectivity index (χ1n) is 8.95. The Balaban J connectivity index is 1.90. The maximum absolute atomic E-state index is 12.9. The van der Waals surface area contributed by atoms with Gasteiger partial charge in [-0.2, -0.15) is 4.31 Å². The summed E-state index contributed by atoms with van der Waals surface area (Å²) in [6.45, 7) is 6.68. The number of fused-ring (bicyclic) bond motifs is 1. The summed E-state index contributed by atoms with van der Waals surface area (Å²) in [6.07, 6.45) is 0. The minimum atomic E-state index is -3.56. The van der Waals surface area contributed by atoms with Crippen LogP contribution in [0.5, 0.6) is 0 Å². The smallest absolute Gasteiger partial charge is 0.243 e. The molecule has 1 aromatic heterocycles. The monoisotopic (exact) mass is 412 g/mol. The van der Waals surface area contributed by atoms with Crippen molar-refractivity contribution in [2.75, 3.05) is 38.6 Å². The van der Waals surface area contributed by atoms with Crippen molar-refractivity contribution < 1.29 is 17.9 Å². The number of nitrogens with zero attached hydrogens (tertiary/aromatic N) is 3. The Morgan fingerprint density at radius 1 is 1.30 bits per heavy atom. The Hall–Kier alpha value is -1.62. The maximum Gasteiger partial charge on any atom is 0.243 e. The third-order valence-corrected chi connectivity index (χ3v) is 7.19. The lowest BCUT2D eigenvalue weighted by Crippen LogP contribution is -2.40. The molecule has 2 aromatic rings. The van der Waals surface area contributed by atoms with Gasteiger partial charge in [0.2, 0.25) is 15.9 Å². The number of hydrogen-bond acceptors (Lipinski definition) is 6. The van der Waals surface area contributed by atoms with Crippen LogP contribution in [0.15, 0.2) is 28.3 Å². The second-order valence-electron chi connectivity index (χ2n) is 6.05. The van der Waals surface area contributed by atoms with E-state index in [1.165, 1.54) is 16.1 Å².